The van der Waals surface area contributed by atoms with E-state index < -0.39 is 24.5 Å². The third kappa shape index (κ3) is 4.03. The normalized spacial score (nSPS) is 23.3. The predicted molar refractivity (Wildman–Crippen MR) is 89.4 cm³/mol. The van der Waals surface area contributed by atoms with Crippen molar-refractivity contribution >= 4 is 29.6 Å². The lowest BCUT2D eigenvalue weighted by molar-refractivity contribution is -0.161. The molecule has 0 aromatic heterocycles. The van der Waals surface area contributed by atoms with E-state index in [1.807, 2.05) is 0 Å². The Morgan fingerprint density at radius 1 is 1.19 bits per heavy atom. The van der Waals surface area contributed by atoms with Gasteiger partial charge >= 0.3 is 5.97 Å². The molecular weight excluding hydrogens is 342 g/mol. The van der Waals surface area contributed by atoms with Crippen molar-refractivity contribution in [3.63, 3.8) is 0 Å². The minimum absolute atomic E-state index is 0.158. The number of nitrogens with one attached hydrogen (secondary N) is 1. The van der Waals surface area contributed by atoms with Crippen LogP contribution >= 0.6 is 0 Å². The third-order valence-electron chi connectivity index (χ3n) is 5.03. The van der Waals surface area contributed by atoms with Crippen molar-refractivity contribution in [1.82, 2.24) is 15.1 Å². The first-order chi connectivity index (χ1) is 12.3. The summed E-state index contributed by atoms with van der Waals surface area (Å²) in [6, 6.07) is -1.07. The number of amides is 4. The molecule has 1 aliphatic heterocycles. The molecule has 0 aromatic carbocycles. The van der Waals surface area contributed by atoms with Crippen molar-refractivity contribution < 1.29 is 28.7 Å². The number of hydrogen-bond donors (Lipinski definition) is 1. The van der Waals surface area contributed by atoms with Crippen LogP contribution in [0.15, 0.2) is 0 Å². The first-order valence-electron chi connectivity index (χ1n) is 8.76. The van der Waals surface area contributed by atoms with E-state index >= 15 is 0 Å². The standard InChI is InChI=1S/C17H25N3O6/c1-10(17(25)26-9-14(22)19(3)8-13(21)18-2)20-15(23)11-6-4-5-7-12(11)16(20)24/h10-12H,4-9H2,1-3H3,(H,18,21)/t10-,11-,12+/m0/s1. The highest BCUT2D eigenvalue weighted by atomic mass is 16.5. The van der Waals surface area contributed by atoms with Crippen LogP contribution in [0.3, 0.4) is 0 Å². The molecule has 9 heteroatoms. The van der Waals surface area contributed by atoms with Crippen LogP contribution in [0.25, 0.3) is 0 Å². The molecule has 1 N–H and O–H groups in total. The number of imide groups is 1. The molecule has 26 heavy (non-hydrogen) atoms. The second-order valence-electron chi connectivity index (χ2n) is 6.75. The highest BCUT2D eigenvalue weighted by molar-refractivity contribution is 6.07. The first-order valence-corrected chi connectivity index (χ1v) is 8.76. The summed E-state index contributed by atoms with van der Waals surface area (Å²) in [5, 5.41) is 2.38. The summed E-state index contributed by atoms with van der Waals surface area (Å²) in [7, 11) is 2.86. The van der Waals surface area contributed by atoms with Crippen LogP contribution < -0.4 is 5.32 Å². The predicted octanol–water partition coefficient (Wildman–Crippen LogP) is -0.702. The summed E-state index contributed by atoms with van der Waals surface area (Å²) in [6.45, 7) is 0.711. The Morgan fingerprint density at radius 2 is 1.73 bits per heavy atom. The average Bonchev–Trinajstić information content (AvgIpc) is 2.89. The molecule has 2 aliphatic rings. The minimum atomic E-state index is -1.07. The maximum atomic E-state index is 12.5. The van der Waals surface area contributed by atoms with Crippen LogP contribution in [-0.4, -0.2) is 72.7 Å². The fourth-order valence-electron chi connectivity index (χ4n) is 3.42. The third-order valence-corrected chi connectivity index (χ3v) is 5.03. The van der Waals surface area contributed by atoms with E-state index in [0.717, 1.165) is 22.6 Å². The minimum Gasteiger partial charge on any atom is -0.454 e. The molecule has 1 heterocycles. The quantitative estimate of drug-likeness (QED) is 0.490. The molecule has 4 amide bonds. The SMILES string of the molecule is CNC(=O)CN(C)C(=O)COC(=O)[C@H](C)N1C(=O)[C@H]2CCCC[C@H]2C1=O. The lowest BCUT2D eigenvalue weighted by Gasteiger charge is -2.22. The number of rotatable bonds is 6. The summed E-state index contributed by atoms with van der Waals surface area (Å²) in [6.07, 6.45) is 3.13. The second-order valence-corrected chi connectivity index (χ2v) is 6.75. The van der Waals surface area contributed by atoms with Crippen LogP contribution in [0.4, 0.5) is 0 Å². The number of carbonyl (C=O) groups excluding carboxylic acids is 5. The molecule has 9 nitrogen and oxygen atoms in total. The molecule has 144 valence electrons. The maximum absolute atomic E-state index is 12.5. The van der Waals surface area contributed by atoms with E-state index in [4.69, 9.17) is 4.74 Å². The number of likely N-dealkylation sites (N-methyl/N-ethyl adjacent to an activating group) is 2. The van der Waals surface area contributed by atoms with Crippen molar-refractivity contribution in [3.8, 4) is 0 Å². The molecule has 0 unspecified atom stereocenters. The van der Waals surface area contributed by atoms with Crippen LogP contribution in [0.5, 0.6) is 0 Å². The van der Waals surface area contributed by atoms with Gasteiger partial charge in [-0.25, -0.2) is 4.79 Å². The Morgan fingerprint density at radius 3 is 2.23 bits per heavy atom. The number of carbonyl (C=O) groups is 5. The average molecular weight is 367 g/mol. The van der Waals surface area contributed by atoms with E-state index in [0.29, 0.717) is 12.8 Å². The lowest BCUT2D eigenvalue weighted by atomic mass is 9.81. The molecule has 2 rings (SSSR count). The largest absolute Gasteiger partial charge is 0.454 e. The van der Waals surface area contributed by atoms with Gasteiger partial charge in [0.15, 0.2) is 6.61 Å². The number of esters is 1. The van der Waals surface area contributed by atoms with E-state index in [9.17, 15) is 24.0 Å². The van der Waals surface area contributed by atoms with Crippen molar-refractivity contribution in [3.05, 3.63) is 0 Å². The molecule has 0 spiro atoms. The van der Waals surface area contributed by atoms with E-state index in [1.54, 1.807) is 0 Å². The Balaban J connectivity index is 1.91. The molecule has 1 aliphatic carbocycles. The zero-order chi connectivity index (χ0) is 19.4. The van der Waals surface area contributed by atoms with Gasteiger partial charge in [0, 0.05) is 14.1 Å². The van der Waals surface area contributed by atoms with Crippen LogP contribution in [0.1, 0.15) is 32.6 Å². The number of hydrogen-bond acceptors (Lipinski definition) is 6. The van der Waals surface area contributed by atoms with Gasteiger partial charge < -0.3 is 15.0 Å². The topological polar surface area (TPSA) is 113 Å². The zero-order valence-electron chi connectivity index (χ0n) is 15.3. The number of nitrogens with zero attached hydrogens (tertiary/aromatic N) is 2. The highest BCUT2D eigenvalue weighted by Crippen LogP contribution is 2.38. The van der Waals surface area contributed by atoms with Gasteiger partial charge in [-0.15, -0.1) is 0 Å². The van der Waals surface area contributed by atoms with Gasteiger partial charge in [-0.1, -0.05) is 12.8 Å². The summed E-state index contributed by atoms with van der Waals surface area (Å²) in [5.74, 6) is -3.05. The summed E-state index contributed by atoms with van der Waals surface area (Å²) in [5.41, 5.74) is 0. The molecule has 1 saturated carbocycles. The van der Waals surface area contributed by atoms with E-state index in [2.05, 4.69) is 5.32 Å². The van der Waals surface area contributed by atoms with Crippen molar-refractivity contribution in [2.24, 2.45) is 11.8 Å². The van der Waals surface area contributed by atoms with Crippen LogP contribution in [-0.2, 0) is 28.7 Å². The van der Waals surface area contributed by atoms with E-state index in [-0.39, 0.29) is 36.1 Å². The van der Waals surface area contributed by atoms with Gasteiger partial charge in [-0.2, -0.15) is 0 Å². The molecular formula is C17H25N3O6. The fourth-order valence-corrected chi connectivity index (χ4v) is 3.42. The summed E-state index contributed by atoms with van der Waals surface area (Å²) < 4.78 is 4.96. The van der Waals surface area contributed by atoms with Gasteiger partial charge in [-0.05, 0) is 19.8 Å². The lowest BCUT2D eigenvalue weighted by Crippen LogP contribution is -2.45. The first kappa shape index (κ1) is 19.9. The molecule has 0 aromatic rings. The zero-order valence-corrected chi connectivity index (χ0v) is 15.3. The van der Waals surface area contributed by atoms with Crippen LogP contribution in [0, 0.1) is 11.8 Å². The number of fused-ring (bicyclic) bond motifs is 1. The summed E-state index contributed by atoms with van der Waals surface area (Å²) in [4.78, 5) is 62.4. The molecule has 0 bridgehead atoms. The van der Waals surface area contributed by atoms with Crippen LogP contribution in [0.2, 0.25) is 0 Å². The smallest absolute Gasteiger partial charge is 0.329 e. The summed E-state index contributed by atoms with van der Waals surface area (Å²) >= 11 is 0. The molecule has 0 radical (unpaired) electrons. The molecule has 1 saturated heterocycles. The Labute approximate surface area is 152 Å². The maximum Gasteiger partial charge on any atom is 0.329 e. The molecule has 2 fully saturated rings. The monoisotopic (exact) mass is 367 g/mol. The molecule has 3 atom stereocenters. The van der Waals surface area contributed by atoms with Gasteiger partial charge in [-0.3, -0.25) is 24.1 Å². The van der Waals surface area contributed by atoms with Gasteiger partial charge in [0.1, 0.15) is 6.04 Å². The number of ether oxygens (including phenoxy) is 1. The Hall–Kier alpha value is -2.45. The Kier molecular flexibility index (Phi) is 6.33. The van der Waals surface area contributed by atoms with Gasteiger partial charge in [0.2, 0.25) is 17.7 Å². The highest BCUT2D eigenvalue weighted by Gasteiger charge is 2.51. The van der Waals surface area contributed by atoms with Crippen molar-refractivity contribution in [1.29, 1.82) is 0 Å². The van der Waals surface area contributed by atoms with Crippen molar-refractivity contribution in [2.45, 2.75) is 38.6 Å². The van der Waals surface area contributed by atoms with Crippen molar-refractivity contribution in [2.75, 3.05) is 27.2 Å². The Bertz CT molecular complexity index is 596. The number of likely N-dealkylation sites (tertiary alicyclic amines) is 1. The van der Waals surface area contributed by atoms with E-state index in [1.165, 1.54) is 21.0 Å². The fraction of sp³-hybridized carbons (Fsp3) is 0.706. The second kappa shape index (κ2) is 8.29. The van der Waals surface area contributed by atoms with Gasteiger partial charge in [0.25, 0.3) is 5.91 Å². The van der Waals surface area contributed by atoms with Gasteiger partial charge in [0.05, 0.1) is 18.4 Å².